The van der Waals surface area contributed by atoms with Crippen molar-refractivity contribution >= 4 is 5.78 Å². The van der Waals surface area contributed by atoms with Gasteiger partial charge < -0.3 is 9.84 Å². The van der Waals surface area contributed by atoms with Gasteiger partial charge in [-0.1, -0.05) is 6.07 Å². The van der Waals surface area contributed by atoms with Crippen molar-refractivity contribution in [1.82, 2.24) is 0 Å². The van der Waals surface area contributed by atoms with E-state index in [4.69, 9.17) is 4.74 Å². The van der Waals surface area contributed by atoms with Gasteiger partial charge in [0.2, 0.25) is 0 Å². The zero-order valence-corrected chi connectivity index (χ0v) is 8.04. The summed E-state index contributed by atoms with van der Waals surface area (Å²) < 4.78 is 5.21. The molecular formula is C11H12O3. The normalized spacial score (nSPS) is 14.2. The Morgan fingerprint density at radius 3 is 2.93 bits per heavy atom. The molecule has 1 aliphatic rings. The average Bonchev–Trinajstić information content (AvgIpc) is 2.54. The number of carbonyl (C=O) groups excluding carboxylic acids is 1. The van der Waals surface area contributed by atoms with E-state index in [1.165, 1.54) is 0 Å². The second-order valence-electron chi connectivity index (χ2n) is 3.30. The zero-order chi connectivity index (χ0) is 10.1. The standard InChI is InChI=1S/C11H12O3/c1-2-14-9-6-4-7-3-5-8(12)10(7)11(9)13/h4,6,13H,2-3,5H2,1H3. The van der Waals surface area contributed by atoms with Crippen LogP contribution in [-0.2, 0) is 6.42 Å². The van der Waals surface area contributed by atoms with E-state index in [1.807, 2.05) is 13.0 Å². The van der Waals surface area contributed by atoms with Crippen LogP contribution in [0.15, 0.2) is 12.1 Å². The Balaban J connectivity index is 2.50. The fraction of sp³-hybridized carbons (Fsp3) is 0.364. The third-order valence-electron chi connectivity index (χ3n) is 2.43. The van der Waals surface area contributed by atoms with Crippen molar-refractivity contribution in [3.05, 3.63) is 23.3 Å². The summed E-state index contributed by atoms with van der Waals surface area (Å²) in [6.07, 6.45) is 1.23. The number of phenols is 1. The van der Waals surface area contributed by atoms with Crippen molar-refractivity contribution in [1.29, 1.82) is 0 Å². The molecule has 1 aliphatic carbocycles. The van der Waals surface area contributed by atoms with E-state index in [9.17, 15) is 9.90 Å². The Morgan fingerprint density at radius 2 is 2.21 bits per heavy atom. The van der Waals surface area contributed by atoms with Crippen LogP contribution in [0.25, 0.3) is 0 Å². The van der Waals surface area contributed by atoms with Crippen molar-refractivity contribution in [2.24, 2.45) is 0 Å². The second kappa shape index (κ2) is 3.33. The minimum Gasteiger partial charge on any atom is -0.504 e. The number of ketones is 1. The molecule has 0 saturated carbocycles. The number of phenolic OH excluding ortho intramolecular Hbond substituents is 1. The molecule has 1 aromatic rings. The molecule has 3 heteroatoms. The monoisotopic (exact) mass is 192 g/mol. The van der Waals surface area contributed by atoms with Crippen LogP contribution in [-0.4, -0.2) is 17.5 Å². The van der Waals surface area contributed by atoms with Gasteiger partial charge in [0.15, 0.2) is 17.3 Å². The molecule has 0 saturated heterocycles. The summed E-state index contributed by atoms with van der Waals surface area (Å²) in [5, 5.41) is 9.77. The van der Waals surface area contributed by atoms with Crippen LogP contribution < -0.4 is 4.74 Å². The van der Waals surface area contributed by atoms with Crippen LogP contribution in [0.3, 0.4) is 0 Å². The number of fused-ring (bicyclic) bond motifs is 1. The Kier molecular flexibility index (Phi) is 2.15. The molecular weight excluding hydrogens is 180 g/mol. The molecule has 0 aromatic heterocycles. The summed E-state index contributed by atoms with van der Waals surface area (Å²) >= 11 is 0. The highest BCUT2D eigenvalue weighted by atomic mass is 16.5. The molecule has 0 bridgehead atoms. The third-order valence-corrected chi connectivity index (χ3v) is 2.43. The number of Topliss-reactive ketones (excluding diaryl/α,β-unsaturated/α-hetero) is 1. The minimum atomic E-state index is 0.00634. The Hall–Kier alpha value is -1.51. The quantitative estimate of drug-likeness (QED) is 0.778. The SMILES string of the molecule is CCOc1ccc2c(c1O)C(=O)CC2. The summed E-state index contributed by atoms with van der Waals surface area (Å²) in [4.78, 5) is 11.4. The minimum absolute atomic E-state index is 0.00634. The third kappa shape index (κ3) is 1.25. The molecule has 74 valence electrons. The average molecular weight is 192 g/mol. The molecule has 0 unspecified atom stereocenters. The first-order valence-corrected chi connectivity index (χ1v) is 4.75. The highest BCUT2D eigenvalue weighted by molar-refractivity contribution is 6.03. The Labute approximate surface area is 82.3 Å². The lowest BCUT2D eigenvalue weighted by Gasteiger charge is -2.08. The molecule has 14 heavy (non-hydrogen) atoms. The van der Waals surface area contributed by atoms with Gasteiger partial charge in [0.25, 0.3) is 0 Å². The maximum Gasteiger partial charge on any atom is 0.168 e. The lowest BCUT2D eigenvalue weighted by Crippen LogP contribution is -1.97. The Morgan fingerprint density at radius 1 is 1.43 bits per heavy atom. The van der Waals surface area contributed by atoms with Gasteiger partial charge in [-0.05, 0) is 25.0 Å². The van der Waals surface area contributed by atoms with Gasteiger partial charge in [-0.3, -0.25) is 4.79 Å². The molecule has 0 amide bonds. The largest absolute Gasteiger partial charge is 0.504 e. The van der Waals surface area contributed by atoms with Gasteiger partial charge >= 0.3 is 0 Å². The second-order valence-corrected chi connectivity index (χ2v) is 3.30. The van der Waals surface area contributed by atoms with Gasteiger partial charge in [-0.2, -0.15) is 0 Å². The number of carbonyl (C=O) groups is 1. The summed E-state index contributed by atoms with van der Waals surface area (Å²) in [6, 6.07) is 3.57. The van der Waals surface area contributed by atoms with Gasteiger partial charge in [0.1, 0.15) is 0 Å². The topological polar surface area (TPSA) is 46.5 Å². The number of rotatable bonds is 2. The number of aryl methyl sites for hydroxylation is 1. The summed E-state index contributed by atoms with van der Waals surface area (Å²) in [5.41, 5.74) is 1.38. The van der Waals surface area contributed by atoms with Crippen LogP contribution in [0.1, 0.15) is 29.3 Å². The van der Waals surface area contributed by atoms with Crippen molar-refractivity contribution in [2.45, 2.75) is 19.8 Å². The van der Waals surface area contributed by atoms with Gasteiger partial charge in [-0.15, -0.1) is 0 Å². The van der Waals surface area contributed by atoms with Crippen molar-refractivity contribution < 1.29 is 14.6 Å². The van der Waals surface area contributed by atoms with E-state index >= 15 is 0 Å². The van der Waals surface area contributed by atoms with E-state index in [2.05, 4.69) is 0 Å². The molecule has 0 fully saturated rings. The molecule has 0 heterocycles. The Bertz CT molecular complexity index is 382. The van der Waals surface area contributed by atoms with Crippen LogP contribution in [0.4, 0.5) is 0 Å². The lowest BCUT2D eigenvalue weighted by molar-refractivity contribution is 0.0991. The predicted molar refractivity (Wildman–Crippen MR) is 51.9 cm³/mol. The summed E-state index contributed by atoms with van der Waals surface area (Å²) in [6.45, 7) is 2.33. The molecule has 0 radical (unpaired) electrons. The first-order valence-electron chi connectivity index (χ1n) is 4.75. The van der Waals surface area contributed by atoms with Crippen molar-refractivity contribution in [2.75, 3.05) is 6.61 Å². The van der Waals surface area contributed by atoms with Gasteiger partial charge in [0, 0.05) is 6.42 Å². The number of hydrogen-bond acceptors (Lipinski definition) is 3. The highest BCUT2D eigenvalue weighted by Gasteiger charge is 2.25. The molecule has 0 atom stereocenters. The van der Waals surface area contributed by atoms with Crippen LogP contribution in [0.2, 0.25) is 0 Å². The molecule has 0 spiro atoms. The first-order chi connectivity index (χ1) is 6.74. The number of benzene rings is 1. The predicted octanol–water partition coefficient (Wildman–Crippen LogP) is 1.92. The summed E-state index contributed by atoms with van der Waals surface area (Å²) in [5.74, 6) is 0.424. The maximum atomic E-state index is 11.4. The number of aromatic hydroxyl groups is 1. The number of ether oxygens (including phenoxy) is 1. The molecule has 1 N–H and O–H groups in total. The van der Waals surface area contributed by atoms with Gasteiger partial charge in [-0.25, -0.2) is 0 Å². The molecule has 0 aliphatic heterocycles. The first kappa shape index (κ1) is 9.06. The van der Waals surface area contributed by atoms with E-state index in [0.717, 1.165) is 12.0 Å². The number of hydrogen-bond donors (Lipinski definition) is 1. The molecule has 2 rings (SSSR count). The summed E-state index contributed by atoms with van der Waals surface area (Å²) in [7, 11) is 0. The van der Waals surface area contributed by atoms with E-state index in [-0.39, 0.29) is 11.5 Å². The van der Waals surface area contributed by atoms with E-state index in [1.54, 1.807) is 6.07 Å². The maximum absolute atomic E-state index is 11.4. The fourth-order valence-corrected chi connectivity index (χ4v) is 1.78. The lowest BCUT2D eigenvalue weighted by atomic mass is 10.1. The molecule has 1 aromatic carbocycles. The van der Waals surface area contributed by atoms with Crippen LogP contribution in [0, 0.1) is 0 Å². The van der Waals surface area contributed by atoms with Crippen molar-refractivity contribution in [3.63, 3.8) is 0 Å². The molecule has 3 nitrogen and oxygen atoms in total. The van der Waals surface area contributed by atoms with Gasteiger partial charge in [0.05, 0.1) is 12.2 Å². The van der Waals surface area contributed by atoms with Crippen LogP contribution in [0.5, 0.6) is 11.5 Å². The van der Waals surface area contributed by atoms with Crippen LogP contribution >= 0.6 is 0 Å². The zero-order valence-electron chi connectivity index (χ0n) is 8.04. The van der Waals surface area contributed by atoms with Crippen molar-refractivity contribution in [3.8, 4) is 11.5 Å². The fourth-order valence-electron chi connectivity index (χ4n) is 1.78. The van der Waals surface area contributed by atoms with E-state index < -0.39 is 0 Å². The van der Waals surface area contributed by atoms with E-state index in [0.29, 0.717) is 24.3 Å². The highest BCUT2D eigenvalue weighted by Crippen LogP contribution is 2.37. The smallest absolute Gasteiger partial charge is 0.168 e.